The minimum absolute atomic E-state index is 0.0502. The Kier molecular flexibility index (Phi) is 4.15. The van der Waals surface area contributed by atoms with E-state index in [1.165, 1.54) is 0 Å². The van der Waals surface area contributed by atoms with Gasteiger partial charge in [0.25, 0.3) is 0 Å². The van der Waals surface area contributed by atoms with Crippen molar-refractivity contribution in [3.8, 4) is 24.0 Å². The molecule has 1 fully saturated rings. The van der Waals surface area contributed by atoms with Gasteiger partial charge in [-0.3, -0.25) is 4.79 Å². The van der Waals surface area contributed by atoms with E-state index in [1.807, 2.05) is 18.2 Å². The second-order valence-corrected chi connectivity index (χ2v) is 5.48. The minimum Gasteiger partial charge on any atom is -0.497 e. The third kappa shape index (κ3) is 2.20. The fourth-order valence-electron chi connectivity index (χ4n) is 3.18. The summed E-state index contributed by atoms with van der Waals surface area (Å²) in [5.41, 5.74) is -0.818. The van der Waals surface area contributed by atoms with E-state index >= 15 is 0 Å². The first-order valence-electron chi connectivity index (χ1n) is 6.92. The Morgan fingerprint density at radius 2 is 1.77 bits per heavy atom. The Morgan fingerprint density at radius 3 is 2.23 bits per heavy atom. The number of ketones is 1. The van der Waals surface area contributed by atoms with Crippen LogP contribution in [0.3, 0.4) is 0 Å². The normalized spacial score (nSPS) is 26.3. The highest BCUT2D eigenvalue weighted by Gasteiger charge is 2.55. The van der Waals surface area contributed by atoms with Gasteiger partial charge in [0.2, 0.25) is 0 Å². The molecule has 0 saturated heterocycles. The summed E-state index contributed by atoms with van der Waals surface area (Å²) >= 11 is 0. The van der Waals surface area contributed by atoms with Crippen molar-refractivity contribution in [1.29, 1.82) is 15.8 Å². The Morgan fingerprint density at radius 1 is 1.18 bits per heavy atom. The molecular weight excluding hydrogens is 278 g/mol. The summed E-state index contributed by atoms with van der Waals surface area (Å²) in [6, 6.07) is 13.0. The molecule has 110 valence electrons. The number of carbonyl (C=O) groups excluding carboxylic acids is 1. The third-order valence-electron chi connectivity index (χ3n) is 4.45. The zero-order valence-corrected chi connectivity index (χ0v) is 12.4. The standard InChI is InChI=1S/C17H15N3O2/c1-11-15(21)7-13(8-18)17(9-19,10-20)16(11)12-3-5-14(22-2)6-4-12/h3-6,11,13,16H,7H2,1-2H3. The minimum atomic E-state index is -1.52. The number of benzene rings is 1. The highest BCUT2D eigenvalue weighted by atomic mass is 16.5. The summed E-state index contributed by atoms with van der Waals surface area (Å²) in [5, 5.41) is 28.6. The topological polar surface area (TPSA) is 97.7 Å². The molecule has 0 heterocycles. The van der Waals surface area contributed by atoms with Gasteiger partial charge in [0.15, 0.2) is 5.41 Å². The van der Waals surface area contributed by atoms with Crippen molar-refractivity contribution in [2.24, 2.45) is 17.3 Å². The third-order valence-corrected chi connectivity index (χ3v) is 4.45. The Labute approximate surface area is 129 Å². The lowest BCUT2D eigenvalue weighted by molar-refractivity contribution is -0.127. The van der Waals surface area contributed by atoms with E-state index in [4.69, 9.17) is 4.74 Å². The van der Waals surface area contributed by atoms with Crippen molar-refractivity contribution in [2.75, 3.05) is 7.11 Å². The molecule has 1 saturated carbocycles. The molecule has 0 spiro atoms. The zero-order chi connectivity index (χ0) is 16.3. The molecule has 1 aromatic carbocycles. The van der Waals surface area contributed by atoms with Crippen LogP contribution >= 0.6 is 0 Å². The molecule has 0 bridgehead atoms. The molecule has 3 unspecified atom stereocenters. The highest BCUT2D eigenvalue weighted by Crippen LogP contribution is 2.51. The largest absolute Gasteiger partial charge is 0.497 e. The summed E-state index contributed by atoms with van der Waals surface area (Å²) < 4.78 is 5.10. The van der Waals surface area contributed by atoms with E-state index < -0.39 is 23.2 Å². The first-order valence-corrected chi connectivity index (χ1v) is 6.92. The number of ether oxygens (including phenoxy) is 1. The van der Waals surface area contributed by atoms with Crippen LogP contribution in [0.25, 0.3) is 0 Å². The van der Waals surface area contributed by atoms with E-state index in [-0.39, 0.29) is 12.2 Å². The van der Waals surface area contributed by atoms with E-state index in [0.29, 0.717) is 11.3 Å². The molecule has 0 aliphatic heterocycles. The van der Waals surface area contributed by atoms with Gasteiger partial charge in [-0.1, -0.05) is 19.1 Å². The zero-order valence-electron chi connectivity index (χ0n) is 12.4. The number of carbonyl (C=O) groups is 1. The van der Waals surface area contributed by atoms with E-state index in [1.54, 1.807) is 38.3 Å². The molecular formula is C17H15N3O2. The van der Waals surface area contributed by atoms with Crippen LogP contribution in [0, 0.1) is 51.2 Å². The van der Waals surface area contributed by atoms with Crippen molar-refractivity contribution in [2.45, 2.75) is 19.3 Å². The van der Waals surface area contributed by atoms with Gasteiger partial charge in [-0.2, -0.15) is 15.8 Å². The number of hydrogen-bond donors (Lipinski definition) is 0. The van der Waals surface area contributed by atoms with Crippen LogP contribution in [0.15, 0.2) is 24.3 Å². The molecule has 0 amide bonds. The first-order chi connectivity index (χ1) is 10.5. The summed E-state index contributed by atoms with van der Waals surface area (Å²) in [5.74, 6) is -1.47. The van der Waals surface area contributed by atoms with Gasteiger partial charge in [-0.05, 0) is 17.7 Å². The summed E-state index contributed by atoms with van der Waals surface area (Å²) in [6.45, 7) is 1.72. The Balaban J connectivity index is 2.60. The number of rotatable bonds is 2. The average Bonchev–Trinajstić information content (AvgIpc) is 2.57. The lowest BCUT2D eigenvalue weighted by Crippen LogP contribution is -2.45. The van der Waals surface area contributed by atoms with E-state index in [0.717, 1.165) is 0 Å². The van der Waals surface area contributed by atoms with Gasteiger partial charge < -0.3 is 4.74 Å². The molecule has 0 N–H and O–H groups in total. The number of Topliss-reactive ketones (excluding diaryl/α,β-unsaturated/α-hetero) is 1. The summed E-state index contributed by atoms with van der Waals surface area (Å²) in [6.07, 6.45) is -0.0502. The Hall–Kier alpha value is -2.84. The molecule has 5 heteroatoms. The van der Waals surface area contributed by atoms with Gasteiger partial charge in [0, 0.05) is 18.3 Å². The predicted octanol–water partition coefficient (Wildman–Crippen LogP) is 2.56. The fourth-order valence-corrected chi connectivity index (χ4v) is 3.18. The molecule has 1 aliphatic rings. The van der Waals surface area contributed by atoms with Crippen LogP contribution in [0.2, 0.25) is 0 Å². The maximum atomic E-state index is 12.2. The van der Waals surface area contributed by atoms with Crippen LogP contribution in [0.4, 0.5) is 0 Å². The van der Waals surface area contributed by atoms with E-state index in [2.05, 4.69) is 0 Å². The van der Waals surface area contributed by atoms with Gasteiger partial charge in [-0.25, -0.2) is 0 Å². The van der Waals surface area contributed by atoms with Crippen LogP contribution in [-0.4, -0.2) is 12.9 Å². The molecule has 2 rings (SSSR count). The van der Waals surface area contributed by atoms with Crippen LogP contribution in [-0.2, 0) is 4.79 Å². The number of nitrogens with zero attached hydrogens (tertiary/aromatic N) is 3. The summed E-state index contributed by atoms with van der Waals surface area (Å²) in [7, 11) is 1.54. The summed E-state index contributed by atoms with van der Waals surface area (Å²) in [4.78, 5) is 12.2. The number of hydrogen-bond acceptors (Lipinski definition) is 5. The van der Waals surface area contributed by atoms with Gasteiger partial charge in [0.05, 0.1) is 31.2 Å². The molecule has 5 nitrogen and oxygen atoms in total. The van der Waals surface area contributed by atoms with Crippen molar-refractivity contribution >= 4 is 5.78 Å². The van der Waals surface area contributed by atoms with Gasteiger partial charge in [-0.15, -0.1) is 0 Å². The maximum absolute atomic E-state index is 12.2. The van der Waals surface area contributed by atoms with Gasteiger partial charge >= 0.3 is 0 Å². The Bertz CT molecular complexity index is 689. The second kappa shape index (κ2) is 5.88. The van der Waals surface area contributed by atoms with Crippen molar-refractivity contribution in [3.05, 3.63) is 29.8 Å². The van der Waals surface area contributed by atoms with Gasteiger partial charge in [0.1, 0.15) is 11.5 Å². The molecule has 0 aromatic heterocycles. The SMILES string of the molecule is COc1ccc(C2C(C)C(=O)CC(C#N)C2(C#N)C#N)cc1. The predicted molar refractivity (Wildman–Crippen MR) is 77.3 cm³/mol. The number of methoxy groups -OCH3 is 1. The molecule has 1 aliphatic carbocycles. The van der Waals surface area contributed by atoms with Crippen molar-refractivity contribution in [1.82, 2.24) is 0 Å². The van der Waals surface area contributed by atoms with Crippen LogP contribution in [0.1, 0.15) is 24.8 Å². The smallest absolute Gasteiger partial charge is 0.167 e. The maximum Gasteiger partial charge on any atom is 0.167 e. The lowest BCUT2D eigenvalue weighted by Gasteiger charge is -2.40. The highest BCUT2D eigenvalue weighted by molar-refractivity contribution is 5.84. The molecule has 22 heavy (non-hydrogen) atoms. The fraction of sp³-hybridized carbons (Fsp3) is 0.412. The van der Waals surface area contributed by atoms with Crippen LogP contribution < -0.4 is 4.74 Å². The molecule has 3 atom stereocenters. The van der Waals surface area contributed by atoms with E-state index in [9.17, 15) is 20.6 Å². The number of nitriles is 3. The average molecular weight is 293 g/mol. The van der Waals surface area contributed by atoms with Crippen LogP contribution in [0.5, 0.6) is 5.75 Å². The first kappa shape index (κ1) is 15.5. The molecule has 0 radical (unpaired) electrons. The molecule has 1 aromatic rings. The van der Waals surface area contributed by atoms with Crippen molar-refractivity contribution in [3.63, 3.8) is 0 Å². The quantitative estimate of drug-likeness (QED) is 0.834. The second-order valence-electron chi connectivity index (χ2n) is 5.48. The lowest BCUT2D eigenvalue weighted by atomic mass is 9.56. The monoisotopic (exact) mass is 293 g/mol. The van der Waals surface area contributed by atoms with Crippen molar-refractivity contribution < 1.29 is 9.53 Å².